The second kappa shape index (κ2) is 5.14. The van der Waals surface area contributed by atoms with Gasteiger partial charge in [0.1, 0.15) is 0 Å². The van der Waals surface area contributed by atoms with E-state index < -0.39 is 22.2 Å². The highest BCUT2D eigenvalue weighted by Crippen LogP contribution is 2.36. The number of nitro benzene ring substituents is 1. The van der Waals surface area contributed by atoms with Gasteiger partial charge < -0.3 is 4.89 Å². The van der Waals surface area contributed by atoms with Crippen molar-refractivity contribution in [1.82, 2.24) is 0 Å². The smallest absolute Gasteiger partial charge is 0.300 e. The highest BCUT2D eigenvalue weighted by atomic mass is 17.1. The number of hydrogen-bond acceptors (Lipinski definition) is 5. The maximum absolute atomic E-state index is 11.6. The van der Waals surface area contributed by atoms with Gasteiger partial charge in [-0.05, 0) is 11.0 Å². The third kappa shape index (κ3) is 3.04. The molecule has 98 valence electrons. The average Bonchev–Trinajstić information content (AvgIpc) is 2.27. The summed E-state index contributed by atoms with van der Waals surface area (Å²) in [5.41, 5.74) is 0.0339. The number of rotatable bonds is 3. The molecule has 0 heterocycles. The molecule has 6 nitrogen and oxygen atoms in total. The molecule has 0 saturated heterocycles. The minimum atomic E-state index is -0.781. The van der Waals surface area contributed by atoms with Crippen LogP contribution in [0, 0.1) is 15.5 Å². The van der Waals surface area contributed by atoms with E-state index in [0.29, 0.717) is 5.56 Å². The van der Waals surface area contributed by atoms with E-state index in [1.54, 1.807) is 0 Å². The van der Waals surface area contributed by atoms with Crippen LogP contribution in [0.15, 0.2) is 24.3 Å². The summed E-state index contributed by atoms with van der Waals surface area (Å²) < 4.78 is 0. The van der Waals surface area contributed by atoms with Crippen LogP contribution in [0.1, 0.15) is 32.3 Å². The first-order chi connectivity index (χ1) is 8.27. The molecule has 0 spiro atoms. The quantitative estimate of drug-likeness (QED) is 0.508. The Morgan fingerprint density at radius 2 is 1.83 bits per heavy atom. The first-order valence-electron chi connectivity index (χ1n) is 5.37. The topological polar surface area (TPSA) is 89.7 Å². The molecule has 6 heteroatoms. The first-order valence-corrected chi connectivity index (χ1v) is 5.37. The maximum Gasteiger partial charge on any atom is 0.349 e. The lowest BCUT2D eigenvalue weighted by Crippen LogP contribution is -2.27. The number of hydrogen-bond donors (Lipinski definition) is 1. The van der Waals surface area contributed by atoms with Crippen LogP contribution >= 0.6 is 0 Å². The molecule has 0 bridgehead atoms. The van der Waals surface area contributed by atoms with Crippen molar-refractivity contribution in [2.75, 3.05) is 0 Å². The van der Waals surface area contributed by atoms with Crippen LogP contribution in [-0.2, 0) is 9.68 Å². The van der Waals surface area contributed by atoms with Gasteiger partial charge in [-0.25, -0.2) is 4.79 Å². The zero-order valence-electron chi connectivity index (χ0n) is 10.4. The van der Waals surface area contributed by atoms with E-state index >= 15 is 0 Å². The second-order valence-electron chi connectivity index (χ2n) is 5.06. The number of nitrogens with zero attached hydrogens (tertiary/aromatic N) is 1. The molecule has 0 aliphatic carbocycles. The number of benzene rings is 1. The molecule has 0 saturated carbocycles. The third-order valence-corrected chi connectivity index (χ3v) is 2.63. The molecule has 1 aromatic rings. The van der Waals surface area contributed by atoms with Crippen LogP contribution in [0.5, 0.6) is 0 Å². The summed E-state index contributed by atoms with van der Waals surface area (Å²) >= 11 is 0. The highest BCUT2D eigenvalue weighted by Gasteiger charge is 2.34. The van der Waals surface area contributed by atoms with Gasteiger partial charge in [0.15, 0.2) is 0 Å². The number of carbonyl (C=O) groups is 1. The number of non-ortho nitro benzene ring substituents is 1. The van der Waals surface area contributed by atoms with Gasteiger partial charge >= 0.3 is 5.97 Å². The van der Waals surface area contributed by atoms with Crippen LogP contribution in [0.3, 0.4) is 0 Å². The lowest BCUT2D eigenvalue weighted by Gasteiger charge is -2.27. The molecule has 1 rings (SSSR count). The summed E-state index contributed by atoms with van der Waals surface area (Å²) in [5.74, 6) is -1.47. The van der Waals surface area contributed by atoms with Crippen LogP contribution in [-0.4, -0.2) is 16.1 Å². The largest absolute Gasteiger partial charge is 0.349 e. The van der Waals surface area contributed by atoms with Gasteiger partial charge in [0, 0.05) is 12.1 Å². The summed E-state index contributed by atoms with van der Waals surface area (Å²) in [7, 11) is 0. The van der Waals surface area contributed by atoms with E-state index in [9.17, 15) is 14.9 Å². The summed E-state index contributed by atoms with van der Waals surface area (Å²) in [5, 5.41) is 19.1. The van der Waals surface area contributed by atoms with E-state index in [-0.39, 0.29) is 5.69 Å². The monoisotopic (exact) mass is 253 g/mol. The van der Waals surface area contributed by atoms with Crippen molar-refractivity contribution in [3.05, 3.63) is 39.9 Å². The maximum atomic E-state index is 11.6. The Hall–Kier alpha value is -1.95. The predicted molar refractivity (Wildman–Crippen MR) is 64.0 cm³/mol. The molecule has 0 radical (unpaired) electrons. The normalized spacial score (nSPS) is 12.9. The Labute approximate surface area is 104 Å². The van der Waals surface area contributed by atoms with Gasteiger partial charge in [-0.1, -0.05) is 32.9 Å². The molecule has 1 atom stereocenters. The van der Waals surface area contributed by atoms with Crippen molar-refractivity contribution in [1.29, 1.82) is 0 Å². The van der Waals surface area contributed by atoms with Gasteiger partial charge in [-0.2, -0.15) is 5.26 Å². The zero-order chi connectivity index (χ0) is 13.9. The molecule has 18 heavy (non-hydrogen) atoms. The Morgan fingerprint density at radius 1 is 1.33 bits per heavy atom. The Morgan fingerprint density at radius 3 is 2.17 bits per heavy atom. The number of nitro groups is 1. The van der Waals surface area contributed by atoms with E-state index in [2.05, 4.69) is 4.89 Å². The second-order valence-corrected chi connectivity index (χ2v) is 5.06. The van der Waals surface area contributed by atoms with Crippen LogP contribution in [0.25, 0.3) is 0 Å². The molecule has 1 aromatic carbocycles. The van der Waals surface area contributed by atoms with Crippen molar-refractivity contribution in [3.63, 3.8) is 0 Å². The molecule has 0 aliphatic heterocycles. The molecular formula is C12H15NO5. The molecular weight excluding hydrogens is 238 g/mol. The lowest BCUT2D eigenvalue weighted by atomic mass is 9.76. The molecule has 0 fully saturated rings. The zero-order valence-corrected chi connectivity index (χ0v) is 10.4. The third-order valence-electron chi connectivity index (χ3n) is 2.63. The molecule has 0 aliphatic rings. The predicted octanol–water partition coefficient (Wildman–Crippen LogP) is 2.74. The SMILES string of the molecule is CC(C)(C)C(C(=O)OO)c1ccc([N+](=O)[O-])cc1. The summed E-state index contributed by atoms with van der Waals surface area (Å²) in [4.78, 5) is 25.4. The van der Waals surface area contributed by atoms with Crippen molar-refractivity contribution in [2.24, 2.45) is 5.41 Å². The molecule has 1 unspecified atom stereocenters. The van der Waals surface area contributed by atoms with Crippen molar-refractivity contribution >= 4 is 11.7 Å². The van der Waals surface area contributed by atoms with Crippen LogP contribution in [0.2, 0.25) is 0 Å². The molecule has 0 aromatic heterocycles. The minimum Gasteiger partial charge on any atom is -0.300 e. The van der Waals surface area contributed by atoms with Gasteiger partial charge in [-0.15, -0.1) is 0 Å². The van der Waals surface area contributed by atoms with Crippen LogP contribution < -0.4 is 0 Å². The Kier molecular flexibility index (Phi) is 4.03. The van der Waals surface area contributed by atoms with Crippen molar-refractivity contribution in [3.8, 4) is 0 Å². The van der Waals surface area contributed by atoms with Gasteiger partial charge in [0.2, 0.25) is 0 Å². The number of carbonyl (C=O) groups excluding carboxylic acids is 1. The highest BCUT2D eigenvalue weighted by molar-refractivity contribution is 5.78. The fourth-order valence-corrected chi connectivity index (χ4v) is 1.83. The first kappa shape index (κ1) is 14.1. The summed E-state index contributed by atoms with van der Waals surface area (Å²) in [6, 6.07) is 5.62. The van der Waals surface area contributed by atoms with E-state index in [0.717, 1.165) is 0 Å². The summed E-state index contributed by atoms with van der Waals surface area (Å²) in [6.45, 7) is 5.45. The fourth-order valence-electron chi connectivity index (χ4n) is 1.83. The van der Waals surface area contributed by atoms with Crippen molar-refractivity contribution in [2.45, 2.75) is 26.7 Å². The van der Waals surface area contributed by atoms with E-state index in [4.69, 9.17) is 5.26 Å². The van der Waals surface area contributed by atoms with E-state index in [1.807, 2.05) is 20.8 Å². The Balaban J connectivity index is 3.14. The minimum absolute atomic E-state index is 0.0521. The van der Waals surface area contributed by atoms with Gasteiger partial charge in [0.25, 0.3) is 5.69 Å². The van der Waals surface area contributed by atoms with Gasteiger partial charge in [-0.3, -0.25) is 10.1 Å². The van der Waals surface area contributed by atoms with Crippen LogP contribution in [0.4, 0.5) is 5.69 Å². The van der Waals surface area contributed by atoms with Gasteiger partial charge in [0.05, 0.1) is 10.8 Å². The summed E-state index contributed by atoms with van der Waals surface area (Å²) in [6.07, 6.45) is 0. The fraction of sp³-hybridized carbons (Fsp3) is 0.417. The molecule has 1 N–H and O–H groups in total. The average molecular weight is 253 g/mol. The Bertz CT molecular complexity index is 447. The standard InChI is InChI=1S/C12H15NO5/c1-12(2,3)10(11(14)18-17)8-4-6-9(7-5-8)13(15)16/h4-7,10,17H,1-3H3. The lowest BCUT2D eigenvalue weighted by molar-refractivity contribution is -0.384. The van der Waals surface area contributed by atoms with E-state index in [1.165, 1.54) is 24.3 Å². The molecule has 0 amide bonds. The van der Waals surface area contributed by atoms with Crippen molar-refractivity contribution < 1.29 is 19.9 Å².